The van der Waals surface area contributed by atoms with Crippen LogP contribution in [0.1, 0.15) is 40.2 Å². The van der Waals surface area contributed by atoms with Gasteiger partial charge in [-0.15, -0.1) is 0 Å². The van der Waals surface area contributed by atoms with Gasteiger partial charge in [0.25, 0.3) is 0 Å². The number of benzene rings is 2. The molecular weight excluding hydrogens is 443 g/mol. The van der Waals surface area contributed by atoms with Gasteiger partial charge in [0.1, 0.15) is 17.1 Å². The largest absolute Gasteiger partial charge is 0.492 e. The van der Waals surface area contributed by atoms with Crippen molar-refractivity contribution in [2.45, 2.75) is 29.8 Å². The van der Waals surface area contributed by atoms with Gasteiger partial charge >= 0.3 is 5.97 Å². The topological polar surface area (TPSA) is 71.0 Å². The van der Waals surface area contributed by atoms with E-state index in [0.29, 0.717) is 48.5 Å². The Kier molecular flexibility index (Phi) is 6.32. The van der Waals surface area contributed by atoms with Crippen molar-refractivity contribution >= 4 is 29.7 Å². The molecule has 3 unspecified atom stereocenters. The number of halogens is 1. The van der Waals surface area contributed by atoms with Crippen molar-refractivity contribution in [3.05, 3.63) is 58.9 Å². The Labute approximate surface area is 196 Å². The lowest BCUT2D eigenvalue weighted by Gasteiger charge is -2.21. The summed E-state index contributed by atoms with van der Waals surface area (Å²) in [5, 5.41) is 9.68. The van der Waals surface area contributed by atoms with Gasteiger partial charge in [0.15, 0.2) is 0 Å². The standard InChI is InChI=1S/C25H27FN2O4S/c1-31-25(30)23-21(6-5-19-20-12-16(20)14-32-24(19)23)27-33-22-7-4-17(26)11-15(22)3-2-9-28-10-8-18(29)13-28/h2-7,11,16,18,20,27,29H,8-10,12-14H2,1H3/b3-2-. The molecular formula is C25H27FN2O4S. The lowest BCUT2D eigenvalue weighted by atomic mass is 10.0. The first-order valence-corrected chi connectivity index (χ1v) is 12.0. The smallest absolute Gasteiger partial charge is 0.343 e. The number of β-amino-alcohol motifs (C(OH)–C–C–N with tert-alkyl or cyclic N) is 1. The molecule has 1 saturated heterocycles. The number of esters is 1. The van der Waals surface area contributed by atoms with E-state index in [1.807, 2.05) is 24.3 Å². The summed E-state index contributed by atoms with van der Waals surface area (Å²) in [6.07, 6.45) is 5.49. The Morgan fingerprint density at radius 1 is 1.39 bits per heavy atom. The molecule has 2 N–H and O–H groups in total. The van der Waals surface area contributed by atoms with Crippen LogP contribution in [0.5, 0.6) is 5.75 Å². The average Bonchev–Trinajstić information content (AvgIpc) is 3.51. The maximum Gasteiger partial charge on any atom is 0.343 e. The van der Waals surface area contributed by atoms with Gasteiger partial charge in [0, 0.05) is 30.4 Å². The molecule has 0 spiro atoms. The summed E-state index contributed by atoms with van der Waals surface area (Å²) in [6.45, 7) is 2.84. The number of aliphatic hydroxyl groups is 1. The summed E-state index contributed by atoms with van der Waals surface area (Å²) < 4.78 is 28.2. The zero-order valence-electron chi connectivity index (χ0n) is 18.4. The molecule has 3 aliphatic rings. The molecule has 33 heavy (non-hydrogen) atoms. The monoisotopic (exact) mass is 470 g/mol. The quantitative estimate of drug-likeness (QED) is 0.462. The van der Waals surface area contributed by atoms with E-state index < -0.39 is 5.97 Å². The molecule has 6 nitrogen and oxygen atoms in total. The number of anilines is 1. The van der Waals surface area contributed by atoms with Crippen LogP contribution in [-0.4, -0.2) is 55.4 Å². The number of rotatable bonds is 7. The third kappa shape index (κ3) is 4.74. The van der Waals surface area contributed by atoms with E-state index in [2.05, 4.69) is 9.62 Å². The van der Waals surface area contributed by atoms with Gasteiger partial charge in [0.2, 0.25) is 0 Å². The maximum absolute atomic E-state index is 14.0. The fraction of sp³-hybridized carbons (Fsp3) is 0.400. The van der Waals surface area contributed by atoms with E-state index in [1.165, 1.54) is 31.2 Å². The lowest BCUT2D eigenvalue weighted by molar-refractivity contribution is 0.0596. The highest BCUT2D eigenvalue weighted by Gasteiger charge is 2.45. The fourth-order valence-electron chi connectivity index (χ4n) is 4.60. The molecule has 0 radical (unpaired) electrons. The van der Waals surface area contributed by atoms with Gasteiger partial charge in [-0.3, -0.25) is 4.90 Å². The van der Waals surface area contributed by atoms with Crippen molar-refractivity contribution in [1.82, 2.24) is 4.90 Å². The van der Waals surface area contributed by atoms with Gasteiger partial charge in [-0.1, -0.05) is 18.2 Å². The lowest BCUT2D eigenvalue weighted by Crippen LogP contribution is -2.21. The highest BCUT2D eigenvalue weighted by molar-refractivity contribution is 8.00. The summed E-state index contributed by atoms with van der Waals surface area (Å²) in [7, 11) is 1.36. The van der Waals surface area contributed by atoms with E-state index in [-0.39, 0.29) is 11.9 Å². The minimum Gasteiger partial charge on any atom is -0.492 e. The third-order valence-electron chi connectivity index (χ3n) is 6.49. The van der Waals surface area contributed by atoms with Crippen LogP contribution in [0.25, 0.3) is 6.08 Å². The highest BCUT2D eigenvalue weighted by atomic mass is 32.2. The Morgan fingerprint density at radius 2 is 2.27 bits per heavy atom. The third-order valence-corrected chi connectivity index (χ3v) is 7.41. The fourth-order valence-corrected chi connectivity index (χ4v) is 5.37. The predicted molar refractivity (Wildman–Crippen MR) is 126 cm³/mol. The first-order chi connectivity index (χ1) is 16.0. The van der Waals surface area contributed by atoms with E-state index in [9.17, 15) is 14.3 Å². The number of aliphatic hydroxyl groups excluding tert-OH is 1. The van der Waals surface area contributed by atoms with Crippen molar-refractivity contribution < 1.29 is 23.8 Å². The van der Waals surface area contributed by atoms with Crippen LogP contribution < -0.4 is 9.46 Å². The minimum absolute atomic E-state index is 0.265. The molecule has 174 valence electrons. The van der Waals surface area contributed by atoms with Crippen molar-refractivity contribution in [3.8, 4) is 5.75 Å². The summed E-state index contributed by atoms with van der Waals surface area (Å²) in [6, 6.07) is 8.53. The van der Waals surface area contributed by atoms with E-state index in [1.54, 1.807) is 6.07 Å². The number of fused-ring (bicyclic) bond motifs is 3. The van der Waals surface area contributed by atoms with Crippen LogP contribution in [0.15, 0.2) is 41.3 Å². The van der Waals surface area contributed by atoms with Crippen LogP contribution in [0, 0.1) is 11.7 Å². The molecule has 5 rings (SSSR count). The molecule has 2 aromatic carbocycles. The number of carbonyl (C=O) groups excluding carboxylic acids is 1. The first-order valence-electron chi connectivity index (χ1n) is 11.2. The van der Waals surface area contributed by atoms with Gasteiger partial charge in [-0.25, -0.2) is 9.18 Å². The average molecular weight is 471 g/mol. The number of carbonyl (C=O) groups is 1. The van der Waals surface area contributed by atoms with E-state index in [4.69, 9.17) is 9.47 Å². The first kappa shape index (κ1) is 22.3. The van der Waals surface area contributed by atoms with Crippen molar-refractivity contribution in [2.75, 3.05) is 38.1 Å². The van der Waals surface area contributed by atoms with Crippen molar-refractivity contribution in [1.29, 1.82) is 0 Å². The number of hydrogen-bond acceptors (Lipinski definition) is 7. The molecule has 2 heterocycles. The molecule has 0 aromatic heterocycles. The molecule has 0 bridgehead atoms. The maximum atomic E-state index is 14.0. The molecule has 1 saturated carbocycles. The number of hydrogen-bond donors (Lipinski definition) is 2. The molecule has 2 fully saturated rings. The molecule has 2 aromatic rings. The van der Waals surface area contributed by atoms with E-state index in [0.717, 1.165) is 35.4 Å². The SMILES string of the molecule is COC(=O)c1c(NSc2ccc(F)cc2/C=C\CN2CCC(O)C2)ccc2c1OCC1CC21. The van der Waals surface area contributed by atoms with Crippen molar-refractivity contribution in [3.63, 3.8) is 0 Å². The van der Waals surface area contributed by atoms with Crippen LogP contribution in [0.2, 0.25) is 0 Å². The number of methoxy groups -OCH3 is 1. The zero-order valence-corrected chi connectivity index (χ0v) is 19.2. The summed E-state index contributed by atoms with van der Waals surface area (Å²) >= 11 is 1.31. The predicted octanol–water partition coefficient (Wildman–Crippen LogP) is 4.31. The number of nitrogens with one attached hydrogen (secondary N) is 1. The second-order valence-corrected chi connectivity index (χ2v) is 9.65. The molecule has 2 aliphatic heterocycles. The van der Waals surface area contributed by atoms with Crippen LogP contribution in [0.3, 0.4) is 0 Å². The van der Waals surface area contributed by atoms with Gasteiger partial charge in [-0.05, 0) is 66.1 Å². The zero-order chi connectivity index (χ0) is 22.9. The minimum atomic E-state index is -0.443. The number of likely N-dealkylation sites (tertiary alicyclic amines) is 1. The summed E-state index contributed by atoms with van der Waals surface area (Å²) in [5.74, 6) is 0.865. The van der Waals surface area contributed by atoms with E-state index >= 15 is 0 Å². The number of ether oxygens (including phenoxy) is 2. The normalized spacial score (nSPS) is 23.7. The highest BCUT2D eigenvalue weighted by Crippen LogP contribution is 2.55. The molecule has 1 aliphatic carbocycles. The summed E-state index contributed by atoms with van der Waals surface area (Å²) in [4.78, 5) is 15.6. The molecule has 8 heteroatoms. The summed E-state index contributed by atoms with van der Waals surface area (Å²) in [5.41, 5.74) is 2.82. The number of nitrogens with zero attached hydrogens (tertiary/aromatic N) is 1. The Balaban J connectivity index is 1.35. The van der Waals surface area contributed by atoms with Gasteiger partial charge < -0.3 is 19.3 Å². The molecule has 3 atom stereocenters. The second kappa shape index (κ2) is 9.37. The Hall–Kier alpha value is -2.55. The molecule has 0 amide bonds. The van der Waals surface area contributed by atoms with Gasteiger partial charge in [-0.2, -0.15) is 0 Å². The Morgan fingerprint density at radius 3 is 3.06 bits per heavy atom. The van der Waals surface area contributed by atoms with Crippen LogP contribution in [-0.2, 0) is 4.74 Å². The van der Waals surface area contributed by atoms with Crippen LogP contribution in [0.4, 0.5) is 10.1 Å². The van der Waals surface area contributed by atoms with Crippen molar-refractivity contribution in [2.24, 2.45) is 5.92 Å². The second-order valence-electron chi connectivity index (χ2n) is 8.80. The van der Waals surface area contributed by atoms with Crippen LogP contribution >= 0.6 is 11.9 Å². The Bertz CT molecular complexity index is 1090. The van der Waals surface area contributed by atoms with Gasteiger partial charge in [0.05, 0.1) is 25.5 Å².